The van der Waals surface area contributed by atoms with E-state index in [0.29, 0.717) is 18.1 Å². The van der Waals surface area contributed by atoms with Crippen LogP contribution < -0.4 is 10.2 Å². The van der Waals surface area contributed by atoms with Crippen LogP contribution >= 0.6 is 0 Å². The summed E-state index contributed by atoms with van der Waals surface area (Å²) in [5.74, 6) is 0. The van der Waals surface area contributed by atoms with Gasteiger partial charge in [0, 0.05) is 56.6 Å². The summed E-state index contributed by atoms with van der Waals surface area (Å²) in [6.07, 6.45) is 4.62. The Balaban J connectivity index is 1.23. The van der Waals surface area contributed by atoms with Gasteiger partial charge in [-0.05, 0) is 44.7 Å². The number of aryl methyl sites for hydroxylation is 1. The number of ether oxygens (including phenoxy) is 1. The number of nitrogens with one attached hydrogen (secondary N) is 1. The minimum atomic E-state index is 0.216. The number of piperidine rings is 1. The average molecular weight is 360 g/mol. The molecular formula is C21H33N3O2. The normalized spacial score (nSPS) is 30.5. The highest BCUT2D eigenvalue weighted by molar-refractivity contribution is 5.47. The van der Waals surface area contributed by atoms with Crippen LogP contribution in [0.2, 0.25) is 0 Å². The molecule has 0 amide bonds. The molecule has 26 heavy (non-hydrogen) atoms. The van der Waals surface area contributed by atoms with Crippen LogP contribution in [0.4, 0.5) is 5.69 Å². The third kappa shape index (κ3) is 4.22. The highest BCUT2D eigenvalue weighted by Gasteiger charge is 2.38. The molecular weight excluding hydrogens is 326 g/mol. The second-order valence-corrected chi connectivity index (χ2v) is 8.27. The fourth-order valence-electron chi connectivity index (χ4n) is 4.78. The molecule has 0 bridgehead atoms. The Morgan fingerprint density at radius 3 is 2.62 bits per heavy atom. The van der Waals surface area contributed by atoms with Gasteiger partial charge in [0.05, 0.1) is 12.7 Å². The van der Waals surface area contributed by atoms with Crippen molar-refractivity contribution in [2.75, 3.05) is 44.3 Å². The quantitative estimate of drug-likeness (QED) is 0.839. The van der Waals surface area contributed by atoms with E-state index in [9.17, 15) is 0 Å². The smallest absolute Gasteiger partial charge is 0.0724 e. The van der Waals surface area contributed by atoms with Crippen molar-refractivity contribution in [2.24, 2.45) is 0 Å². The maximum Gasteiger partial charge on any atom is 0.0724 e. The molecule has 144 valence electrons. The molecule has 2 N–H and O–H groups in total. The lowest BCUT2D eigenvalue weighted by Gasteiger charge is -2.35. The van der Waals surface area contributed by atoms with Gasteiger partial charge in [0.2, 0.25) is 0 Å². The van der Waals surface area contributed by atoms with E-state index in [1.807, 2.05) is 0 Å². The number of anilines is 1. The Hall–Kier alpha value is -1.14. The highest BCUT2D eigenvalue weighted by Crippen LogP contribution is 2.26. The van der Waals surface area contributed by atoms with Crippen molar-refractivity contribution in [3.63, 3.8) is 0 Å². The molecule has 0 radical (unpaired) electrons. The van der Waals surface area contributed by atoms with Gasteiger partial charge in [-0.2, -0.15) is 0 Å². The van der Waals surface area contributed by atoms with Gasteiger partial charge in [0.15, 0.2) is 0 Å². The summed E-state index contributed by atoms with van der Waals surface area (Å²) in [5.41, 5.74) is 2.69. The Morgan fingerprint density at radius 2 is 1.88 bits per heavy atom. The molecule has 0 unspecified atom stereocenters. The van der Waals surface area contributed by atoms with Crippen molar-refractivity contribution in [1.82, 2.24) is 10.2 Å². The van der Waals surface area contributed by atoms with Crippen molar-refractivity contribution in [3.8, 4) is 0 Å². The van der Waals surface area contributed by atoms with Gasteiger partial charge in [-0.15, -0.1) is 0 Å². The standard InChI is InChI=1S/C21H33N3O2/c1-16-2-4-19(5-3-16)23-9-6-17(7-10-23)22-18-12-20-15-26-21(8-11-25)14-24(20)13-18/h2-5,17-18,20-22,25H,6-15H2,1H3/t18-,20+,21+/m1/s1. The highest BCUT2D eigenvalue weighted by atomic mass is 16.5. The maximum atomic E-state index is 9.13. The van der Waals surface area contributed by atoms with Gasteiger partial charge in [-0.1, -0.05) is 17.7 Å². The summed E-state index contributed by atoms with van der Waals surface area (Å²) in [6, 6.07) is 10.7. The molecule has 3 heterocycles. The second kappa shape index (κ2) is 8.26. The Bertz CT molecular complexity index is 571. The number of aliphatic hydroxyl groups is 1. The number of nitrogens with zero attached hydrogens (tertiary/aromatic N) is 2. The van der Waals surface area contributed by atoms with Crippen molar-refractivity contribution >= 4 is 5.69 Å². The molecule has 5 nitrogen and oxygen atoms in total. The van der Waals surface area contributed by atoms with Gasteiger partial charge >= 0.3 is 0 Å². The van der Waals surface area contributed by atoms with Crippen LogP contribution in [0.5, 0.6) is 0 Å². The molecule has 0 aromatic heterocycles. The maximum absolute atomic E-state index is 9.13. The first-order valence-electron chi connectivity index (χ1n) is 10.3. The van der Waals surface area contributed by atoms with Gasteiger partial charge in [0.25, 0.3) is 0 Å². The summed E-state index contributed by atoms with van der Waals surface area (Å²) >= 11 is 0. The van der Waals surface area contributed by atoms with E-state index >= 15 is 0 Å². The molecule has 0 aliphatic carbocycles. The van der Waals surface area contributed by atoms with Crippen molar-refractivity contribution in [3.05, 3.63) is 29.8 Å². The predicted molar refractivity (Wildman–Crippen MR) is 105 cm³/mol. The van der Waals surface area contributed by atoms with Crippen molar-refractivity contribution in [1.29, 1.82) is 0 Å². The summed E-state index contributed by atoms with van der Waals surface area (Å²) in [4.78, 5) is 5.09. The third-order valence-corrected chi connectivity index (χ3v) is 6.31. The lowest BCUT2D eigenvalue weighted by atomic mass is 10.0. The molecule has 1 aromatic carbocycles. The van der Waals surface area contributed by atoms with E-state index in [0.717, 1.165) is 39.2 Å². The molecule has 4 rings (SSSR count). The lowest BCUT2D eigenvalue weighted by molar-refractivity contribution is -0.0567. The van der Waals surface area contributed by atoms with Gasteiger partial charge in [-0.25, -0.2) is 0 Å². The van der Waals surface area contributed by atoms with Crippen LogP contribution in [0, 0.1) is 6.92 Å². The number of hydrogen-bond acceptors (Lipinski definition) is 5. The molecule has 1 aromatic rings. The average Bonchev–Trinajstić information content (AvgIpc) is 3.05. The first-order chi connectivity index (χ1) is 12.7. The van der Waals surface area contributed by atoms with Gasteiger partial charge in [-0.3, -0.25) is 4.90 Å². The number of hydrogen-bond donors (Lipinski definition) is 2. The van der Waals surface area contributed by atoms with Crippen LogP contribution in [0.25, 0.3) is 0 Å². The van der Waals surface area contributed by atoms with Crippen LogP contribution in [0.15, 0.2) is 24.3 Å². The SMILES string of the molecule is Cc1ccc(N2CCC(N[C@@H]3C[C@H]4CO[C@@H](CCO)CN4C3)CC2)cc1. The topological polar surface area (TPSA) is 48.0 Å². The van der Waals surface area contributed by atoms with E-state index in [2.05, 4.69) is 46.3 Å². The number of morpholine rings is 1. The number of rotatable bonds is 5. The fourth-order valence-corrected chi connectivity index (χ4v) is 4.78. The Kier molecular flexibility index (Phi) is 5.79. The zero-order valence-corrected chi connectivity index (χ0v) is 15.9. The minimum absolute atomic E-state index is 0.216. The van der Waals surface area contributed by atoms with Crippen LogP contribution in [-0.4, -0.2) is 73.6 Å². The fraction of sp³-hybridized carbons (Fsp3) is 0.714. The first-order valence-corrected chi connectivity index (χ1v) is 10.3. The molecule has 0 spiro atoms. The van der Waals surface area contributed by atoms with E-state index in [-0.39, 0.29) is 12.7 Å². The van der Waals surface area contributed by atoms with Crippen molar-refractivity contribution < 1.29 is 9.84 Å². The Morgan fingerprint density at radius 1 is 1.12 bits per heavy atom. The molecule has 5 heteroatoms. The first kappa shape index (κ1) is 18.2. The van der Waals surface area contributed by atoms with E-state index < -0.39 is 0 Å². The van der Waals surface area contributed by atoms with E-state index in [1.165, 1.54) is 30.5 Å². The molecule has 0 saturated carbocycles. The molecule has 3 fully saturated rings. The molecule has 3 aliphatic rings. The molecule has 3 saturated heterocycles. The Labute approximate surface area is 157 Å². The predicted octanol–water partition coefficient (Wildman–Crippen LogP) is 1.78. The zero-order chi connectivity index (χ0) is 17.9. The second-order valence-electron chi connectivity index (χ2n) is 8.27. The summed E-state index contributed by atoms with van der Waals surface area (Å²) in [5, 5.41) is 13.1. The summed E-state index contributed by atoms with van der Waals surface area (Å²) in [6.45, 7) is 7.60. The minimum Gasteiger partial charge on any atom is -0.396 e. The largest absolute Gasteiger partial charge is 0.396 e. The number of fused-ring (bicyclic) bond motifs is 1. The van der Waals surface area contributed by atoms with E-state index in [4.69, 9.17) is 9.84 Å². The summed E-state index contributed by atoms with van der Waals surface area (Å²) < 4.78 is 5.91. The third-order valence-electron chi connectivity index (χ3n) is 6.31. The van der Waals surface area contributed by atoms with Crippen LogP contribution in [0.3, 0.4) is 0 Å². The number of aliphatic hydroxyl groups excluding tert-OH is 1. The molecule has 3 atom stereocenters. The summed E-state index contributed by atoms with van der Waals surface area (Å²) in [7, 11) is 0. The van der Waals surface area contributed by atoms with Gasteiger partial charge in [0.1, 0.15) is 0 Å². The monoisotopic (exact) mass is 359 g/mol. The van der Waals surface area contributed by atoms with Crippen molar-refractivity contribution in [2.45, 2.75) is 56.8 Å². The number of benzene rings is 1. The van der Waals surface area contributed by atoms with Crippen LogP contribution in [0.1, 0.15) is 31.2 Å². The molecule has 3 aliphatic heterocycles. The lowest BCUT2D eigenvalue weighted by Crippen LogP contribution is -2.48. The zero-order valence-electron chi connectivity index (χ0n) is 15.9. The van der Waals surface area contributed by atoms with Crippen LogP contribution in [-0.2, 0) is 4.74 Å². The van der Waals surface area contributed by atoms with E-state index in [1.54, 1.807) is 0 Å². The van der Waals surface area contributed by atoms with Gasteiger partial charge < -0.3 is 20.1 Å².